The summed E-state index contributed by atoms with van der Waals surface area (Å²) in [5, 5.41) is 18.8. The lowest BCUT2D eigenvalue weighted by Crippen LogP contribution is -2.15. The van der Waals surface area contributed by atoms with Gasteiger partial charge in [0.15, 0.2) is 0 Å². The van der Waals surface area contributed by atoms with Gasteiger partial charge in [0.2, 0.25) is 0 Å². The fourth-order valence-electron chi connectivity index (χ4n) is 1.44. The first-order valence-corrected chi connectivity index (χ1v) is 4.76. The smallest absolute Gasteiger partial charge is 0.123 e. The van der Waals surface area contributed by atoms with E-state index in [-0.39, 0.29) is 18.3 Å². The van der Waals surface area contributed by atoms with Crippen LogP contribution in [0.5, 0.6) is 5.75 Å². The number of benzene rings is 1. The maximum Gasteiger partial charge on any atom is 0.123 e. The summed E-state index contributed by atoms with van der Waals surface area (Å²) in [6.07, 6.45) is 0. The number of aliphatic hydroxyl groups excluding tert-OH is 1. The summed E-state index contributed by atoms with van der Waals surface area (Å²) in [7, 11) is 0. The lowest BCUT2D eigenvalue weighted by atomic mass is 9.96. The molecule has 0 aliphatic carbocycles. The number of para-hydroxylation sites is 1. The molecule has 1 rings (SSSR count). The van der Waals surface area contributed by atoms with Gasteiger partial charge in [-0.3, -0.25) is 0 Å². The molecular formula is C11H17NO2. The lowest BCUT2D eigenvalue weighted by molar-refractivity contribution is 0.265. The molecule has 0 aliphatic rings. The van der Waals surface area contributed by atoms with Crippen molar-refractivity contribution >= 4 is 0 Å². The molecule has 0 amide bonds. The topological polar surface area (TPSA) is 66.5 Å². The average molecular weight is 195 g/mol. The predicted octanol–water partition coefficient (Wildman–Crippen LogP) is 1.51. The van der Waals surface area contributed by atoms with Crippen LogP contribution in [0.1, 0.15) is 36.9 Å². The third-order valence-corrected chi connectivity index (χ3v) is 2.32. The van der Waals surface area contributed by atoms with Crippen molar-refractivity contribution in [3.8, 4) is 5.75 Å². The fraction of sp³-hybridized carbons (Fsp3) is 0.455. The van der Waals surface area contributed by atoms with Crippen LogP contribution in [0.3, 0.4) is 0 Å². The maximum absolute atomic E-state index is 9.87. The van der Waals surface area contributed by atoms with Crippen LogP contribution in [0.4, 0.5) is 0 Å². The van der Waals surface area contributed by atoms with Crippen LogP contribution < -0.4 is 5.73 Å². The van der Waals surface area contributed by atoms with Gasteiger partial charge >= 0.3 is 0 Å². The van der Waals surface area contributed by atoms with Crippen molar-refractivity contribution in [3.05, 3.63) is 29.3 Å². The van der Waals surface area contributed by atoms with Crippen molar-refractivity contribution in [1.29, 1.82) is 0 Å². The van der Waals surface area contributed by atoms with Gasteiger partial charge in [0.25, 0.3) is 0 Å². The summed E-state index contributed by atoms with van der Waals surface area (Å²) in [4.78, 5) is 0. The molecule has 1 aromatic rings. The molecule has 0 aromatic heterocycles. The van der Waals surface area contributed by atoms with Crippen LogP contribution in [0.15, 0.2) is 18.2 Å². The van der Waals surface area contributed by atoms with Crippen molar-refractivity contribution in [2.45, 2.75) is 25.8 Å². The van der Waals surface area contributed by atoms with Gasteiger partial charge in [-0.2, -0.15) is 0 Å². The van der Waals surface area contributed by atoms with Crippen LogP contribution in [-0.4, -0.2) is 16.8 Å². The number of phenols is 1. The second-order valence-electron chi connectivity index (χ2n) is 3.73. The molecule has 1 aromatic carbocycles. The van der Waals surface area contributed by atoms with E-state index < -0.39 is 6.04 Å². The summed E-state index contributed by atoms with van der Waals surface area (Å²) in [5.74, 6) is 0.463. The molecule has 0 saturated carbocycles. The van der Waals surface area contributed by atoms with Gasteiger partial charge in [-0.15, -0.1) is 0 Å². The van der Waals surface area contributed by atoms with Gasteiger partial charge < -0.3 is 15.9 Å². The molecule has 3 heteroatoms. The van der Waals surface area contributed by atoms with Gasteiger partial charge in [0.05, 0.1) is 12.6 Å². The molecule has 14 heavy (non-hydrogen) atoms. The number of aliphatic hydroxyl groups is 1. The first-order valence-electron chi connectivity index (χ1n) is 4.76. The Labute approximate surface area is 84.2 Å². The minimum atomic E-state index is -0.506. The van der Waals surface area contributed by atoms with Crippen molar-refractivity contribution < 1.29 is 10.2 Å². The van der Waals surface area contributed by atoms with Gasteiger partial charge in [0, 0.05) is 5.56 Å². The van der Waals surface area contributed by atoms with Gasteiger partial charge in [0.1, 0.15) is 5.75 Å². The highest BCUT2D eigenvalue weighted by molar-refractivity contribution is 5.43. The first kappa shape index (κ1) is 11.0. The molecule has 1 unspecified atom stereocenters. The van der Waals surface area contributed by atoms with Crippen LogP contribution in [0.25, 0.3) is 0 Å². The zero-order valence-corrected chi connectivity index (χ0v) is 8.57. The summed E-state index contributed by atoms with van der Waals surface area (Å²) < 4.78 is 0. The minimum absolute atomic E-state index is 0.158. The predicted molar refractivity (Wildman–Crippen MR) is 56.2 cm³/mol. The van der Waals surface area contributed by atoms with E-state index in [1.165, 1.54) is 0 Å². The van der Waals surface area contributed by atoms with Gasteiger partial charge in [-0.05, 0) is 11.5 Å². The Balaban J connectivity index is 3.13. The Morgan fingerprint density at radius 2 is 1.86 bits per heavy atom. The van der Waals surface area contributed by atoms with E-state index in [9.17, 15) is 5.11 Å². The number of rotatable bonds is 3. The Morgan fingerprint density at radius 1 is 1.29 bits per heavy atom. The molecule has 0 spiro atoms. The second kappa shape index (κ2) is 4.44. The highest BCUT2D eigenvalue weighted by atomic mass is 16.3. The van der Waals surface area contributed by atoms with E-state index >= 15 is 0 Å². The molecule has 0 radical (unpaired) electrons. The summed E-state index contributed by atoms with van der Waals surface area (Å²) >= 11 is 0. The standard InChI is InChI=1S/C11H17NO2/c1-7(2)8-4-3-5-9(11(8)14)10(12)6-13/h3-5,7,10,13-14H,6,12H2,1-2H3. The first-order chi connectivity index (χ1) is 6.57. The van der Waals surface area contributed by atoms with Crippen LogP contribution in [0.2, 0.25) is 0 Å². The molecule has 0 aliphatic heterocycles. The van der Waals surface area contributed by atoms with Crippen LogP contribution >= 0.6 is 0 Å². The summed E-state index contributed by atoms with van der Waals surface area (Å²) in [5.41, 5.74) is 7.13. The van der Waals surface area contributed by atoms with E-state index in [1.807, 2.05) is 26.0 Å². The van der Waals surface area contributed by atoms with Crippen LogP contribution in [0, 0.1) is 0 Å². The molecule has 1 atom stereocenters. The normalized spacial score (nSPS) is 13.2. The summed E-state index contributed by atoms with van der Waals surface area (Å²) in [6, 6.07) is 4.95. The molecule has 3 nitrogen and oxygen atoms in total. The lowest BCUT2D eigenvalue weighted by Gasteiger charge is -2.15. The molecule has 0 bridgehead atoms. The number of aromatic hydroxyl groups is 1. The van der Waals surface area contributed by atoms with Crippen molar-refractivity contribution in [2.75, 3.05) is 6.61 Å². The average Bonchev–Trinajstić information content (AvgIpc) is 2.16. The molecule has 0 fully saturated rings. The number of hydrogen-bond acceptors (Lipinski definition) is 3. The molecular weight excluding hydrogens is 178 g/mol. The van der Waals surface area contributed by atoms with Crippen molar-refractivity contribution in [3.63, 3.8) is 0 Å². The van der Waals surface area contributed by atoms with Crippen LogP contribution in [-0.2, 0) is 0 Å². The molecule has 0 saturated heterocycles. The zero-order chi connectivity index (χ0) is 10.7. The van der Waals surface area contributed by atoms with Gasteiger partial charge in [-0.1, -0.05) is 32.0 Å². The highest BCUT2D eigenvalue weighted by Crippen LogP contribution is 2.31. The minimum Gasteiger partial charge on any atom is -0.507 e. The van der Waals surface area contributed by atoms with E-state index in [0.717, 1.165) is 5.56 Å². The van der Waals surface area contributed by atoms with Crippen molar-refractivity contribution in [2.24, 2.45) is 5.73 Å². The SMILES string of the molecule is CC(C)c1cccc(C(N)CO)c1O. The third-order valence-electron chi connectivity index (χ3n) is 2.32. The van der Waals surface area contributed by atoms with E-state index in [1.54, 1.807) is 6.07 Å². The fourth-order valence-corrected chi connectivity index (χ4v) is 1.44. The van der Waals surface area contributed by atoms with Crippen molar-refractivity contribution in [1.82, 2.24) is 0 Å². The Hall–Kier alpha value is -1.06. The Morgan fingerprint density at radius 3 is 2.36 bits per heavy atom. The quantitative estimate of drug-likeness (QED) is 0.684. The Kier molecular flexibility index (Phi) is 3.49. The summed E-state index contributed by atoms with van der Waals surface area (Å²) in [6.45, 7) is 3.85. The Bertz CT molecular complexity index is 310. The second-order valence-corrected chi connectivity index (χ2v) is 3.73. The zero-order valence-electron chi connectivity index (χ0n) is 8.57. The monoisotopic (exact) mass is 195 g/mol. The molecule has 4 N–H and O–H groups in total. The number of nitrogens with two attached hydrogens (primary N) is 1. The third kappa shape index (κ3) is 2.05. The van der Waals surface area contributed by atoms with E-state index in [4.69, 9.17) is 10.8 Å². The largest absolute Gasteiger partial charge is 0.507 e. The number of hydrogen-bond donors (Lipinski definition) is 3. The van der Waals surface area contributed by atoms with Gasteiger partial charge in [-0.25, -0.2) is 0 Å². The van der Waals surface area contributed by atoms with E-state index in [2.05, 4.69) is 0 Å². The number of phenolic OH excluding ortho intramolecular Hbond substituents is 1. The maximum atomic E-state index is 9.87. The molecule has 78 valence electrons. The van der Waals surface area contributed by atoms with E-state index in [0.29, 0.717) is 5.56 Å². The highest BCUT2D eigenvalue weighted by Gasteiger charge is 2.14. The molecule has 0 heterocycles.